The van der Waals surface area contributed by atoms with Crippen LogP contribution in [0.5, 0.6) is 5.75 Å². The smallest absolute Gasteiger partial charge is 0.260 e. The molecule has 0 saturated heterocycles. The summed E-state index contributed by atoms with van der Waals surface area (Å²) in [6, 6.07) is 23.2. The highest BCUT2D eigenvalue weighted by atomic mass is 79.9. The number of ether oxygens (including phenoxy) is 1. The van der Waals surface area contributed by atoms with E-state index in [0.717, 1.165) is 26.0 Å². The SMILES string of the molecule is CCOc1cccc2sc(N(Cc3ccccc3)C(=O)c3ccc(Br)cc3)nc12. The van der Waals surface area contributed by atoms with Crippen molar-refractivity contribution in [1.82, 2.24) is 4.98 Å². The van der Waals surface area contributed by atoms with Gasteiger partial charge >= 0.3 is 0 Å². The van der Waals surface area contributed by atoms with E-state index in [9.17, 15) is 4.79 Å². The molecule has 4 aromatic rings. The second-order valence-corrected chi connectivity index (χ2v) is 8.34. The van der Waals surface area contributed by atoms with Gasteiger partial charge in [-0.1, -0.05) is 63.7 Å². The largest absolute Gasteiger partial charge is 0.492 e. The predicted octanol–water partition coefficient (Wildman–Crippen LogP) is 6.30. The van der Waals surface area contributed by atoms with E-state index in [0.29, 0.717) is 23.8 Å². The highest BCUT2D eigenvalue weighted by Gasteiger charge is 2.22. The second-order valence-electron chi connectivity index (χ2n) is 6.42. The Kier molecular flexibility index (Phi) is 5.92. The molecule has 0 atom stereocenters. The maximum atomic E-state index is 13.4. The topological polar surface area (TPSA) is 42.4 Å². The number of benzene rings is 3. The lowest BCUT2D eigenvalue weighted by Crippen LogP contribution is -2.30. The maximum absolute atomic E-state index is 13.4. The van der Waals surface area contributed by atoms with Crippen molar-refractivity contribution in [2.45, 2.75) is 13.5 Å². The lowest BCUT2D eigenvalue weighted by molar-refractivity contribution is 0.0985. The fourth-order valence-corrected chi connectivity index (χ4v) is 4.28. The van der Waals surface area contributed by atoms with Gasteiger partial charge in [0, 0.05) is 10.0 Å². The Bertz CT molecular complexity index is 1130. The van der Waals surface area contributed by atoms with Crippen molar-refractivity contribution in [3.8, 4) is 5.75 Å². The van der Waals surface area contributed by atoms with E-state index in [4.69, 9.17) is 9.72 Å². The molecule has 146 valence electrons. The Balaban J connectivity index is 1.77. The molecule has 1 heterocycles. The summed E-state index contributed by atoms with van der Waals surface area (Å²) in [4.78, 5) is 19.9. The van der Waals surface area contributed by atoms with Gasteiger partial charge in [-0.25, -0.2) is 4.98 Å². The molecule has 0 spiro atoms. The van der Waals surface area contributed by atoms with E-state index < -0.39 is 0 Å². The van der Waals surface area contributed by atoms with E-state index in [1.807, 2.05) is 79.7 Å². The third-order valence-corrected chi connectivity index (χ3v) is 5.99. The lowest BCUT2D eigenvalue weighted by Gasteiger charge is -2.20. The third-order valence-electron chi connectivity index (χ3n) is 4.42. The molecule has 0 fully saturated rings. The first-order valence-electron chi connectivity index (χ1n) is 9.29. The molecule has 3 aromatic carbocycles. The highest BCUT2D eigenvalue weighted by molar-refractivity contribution is 9.10. The van der Waals surface area contributed by atoms with Crippen LogP contribution >= 0.6 is 27.3 Å². The highest BCUT2D eigenvalue weighted by Crippen LogP contribution is 2.35. The molecule has 4 nitrogen and oxygen atoms in total. The van der Waals surface area contributed by atoms with Crippen LogP contribution in [0.3, 0.4) is 0 Å². The van der Waals surface area contributed by atoms with E-state index in [1.54, 1.807) is 4.90 Å². The van der Waals surface area contributed by atoms with Crippen LogP contribution in [0.4, 0.5) is 5.13 Å². The van der Waals surface area contributed by atoms with Crippen LogP contribution in [0.15, 0.2) is 77.3 Å². The fourth-order valence-electron chi connectivity index (χ4n) is 3.04. The van der Waals surface area contributed by atoms with Crippen molar-refractivity contribution in [1.29, 1.82) is 0 Å². The molecular weight excluding hydrogens is 448 g/mol. The monoisotopic (exact) mass is 466 g/mol. The van der Waals surface area contributed by atoms with Crippen LogP contribution in [0.25, 0.3) is 10.2 Å². The number of halogens is 1. The predicted molar refractivity (Wildman–Crippen MR) is 122 cm³/mol. The molecule has 0 radical (unpaired) electrons. The van der Waals surface area contributed by atoms with Gasteiger partial charge in [-0.2, -0.15) is 0 Å². The summed E-state index contributed by atoms with van der Waals surface area (Å²) in [5.41, 5.74) is 2.45. The van der Waals surface area contributed by atoms with Gasteiger partial charge in [0.25, 0.3) is 5.91 Å². The first-order chi connectivity index (χ1) is 14.2. The van der Waals surface area contributed by atoms with Gasteiger partial charge in [-0.05, 0) is 48.9 Å². The Morgan fingerprint density at radius 3 is 2.52 bits per heavy atom. The molecule has 0 aliphatic heterocycles. The summed E-state index contributed by atoms with van der Waals surface area (Å²) in [5, 5.41) is 0.656. The maximum Gasteiger partial charge on any atom is 0.260 e. The number of carbonyl (C=O) groups is 1. The van der Waals surface area contributed by atoms with Crippen LogP contribution in [-0.2, 0) is 6.54 Å². The summed E-state index contributed by atoms with van der Waals surface area (Å²) >= 11 is 4.92. The zero-order valence-corrected chi connectivity index (χ0v) is 18.2. The summed E-state index contributed by atoms with van der Waals surface area (Å²) in [7, 11) is 0. The van der Waals surface area contributed by atoms with Gasteiger partial charge in [0.15, 0.2) is 5.13 Å². The van der Waals surface area contributed by atoms with Crippen molar-refractivity contribution in [3.63, 3.8) is 0 Å². The molecule has 0 aliphatic carbocycles. The van der Waals surface area contributed by atoms with E-state index in [1.165, 1.54) is 11.3 Å². The van der Waals surface area contributed by atoms with Crippen LogP contribution in [-0.4, -0.2) is 17.5 Å². The number of rotatable bonds is 6. The van der Waals surface area contributed by atoms with Crippen LogP contribution in [0, 0.1) is 0 Å². The number of anilines is 1. The number of nitrogens with zero attached hydrogens (tertiary/aromatic N) is 2. The first kappa shape index (κ1) is 19.6. The Morgan fingerprint density at radius 2 is 1.79 bits per heavy atom. The normalized spacial score (nSPS) is 10.8. The molecule has 6 heteroatoms. The number of para-hydroxylation sites is 1. The average molecular weight is 467 g/mol. The summed E-state index contributed by atoms with van der Waals surface area (Å²) in [5.74, 6) is 0.654. The standard InChI is InChI=1S/C23H19BrN2O2S/c1-2-28-19-9-6-10-20-21(19)25-23(29-20)26(15-16-7-4-3-5-8-16)22(27)17-11-13-18(24)14-12-17/h3-14H,2,15H2,1H3. The van der Waals surface area contributed by atoms with Crippen LogP contribution in [0.2, 0.25) is 0 Å². The molecule has 4 rings (SSSR count). The number of fused-ring (bicyclic) bond motifs is 1. The molecule has 0 unspecified atom stereocenters. The number of amides is 1. The average Bonchev–Trinajstić information content (AvgIpc) is 3.18. The molecule has 0 bridgehead atoms. The minimum absolute atomic E-state index is 0.0848. The number of carbonyl (C=O) groups excluding carboxylic acids is 1. The van der Waals surface area contributed by atoms with Crippen molar-refractivity contribution in [2.75, 3.05) is 11.5 Å². The minimum Gasteiger partial charge on any atom is -0.492 e. The van der Waals surface area contributed by atoms with Gasteiger partial charge in [-0.15, -0.1) is 0 Å². The van der Waals surface area contributed by atoms with Gasteiger partial charge in [0.2, 0.25) is 0 Å². The summed E-state index contributed by atoms with van der Waals surface area (Å²) in [6.07, 6.45) is 0. The van der Waals surface area contributed by atoms with E-state index in [2.05, 4.69) is 15.9 Å². The quantitative estimate of drug-likeness (QED) is 0.334. The van der Waals surface area contributed by atoms with E-state index in [-0.39, 0.29) is 5.91 Å². The Morgan fingerprint density at radius 1 is 1.03 bits per heavy atom. The fraction of sp³-hybridized carbons (Fsp3) is 0.130. The lowest BCUT2D eigenvalue weighted by atomic mass is 10.1. The zero-order chi connectivity index (χ0) is 20.2. The summed E-state index contributed by atoms with van der Waals surface area (Å²) in [6.45, 7) is 2.96. The van der Waals surface area contributed by atoms with Crippen LogP contribution in [0.1, 0.15) is 22.8 Å². The molecule has 1 amide bonds. The molecule has 0 saturated carbocycles. The minimum atomic E-state index is -0.0848. The number of hydrogen-bond acceptors (Lipinski definition) is 4. The van der Waals surface area contributed by atoms with Crippen molar-refractivity contribution in [2.24, 2.45) is 0 Å². The van der Waals surface area contributed by atoms with Crippen molar-refractivity contribution < 1.29 is 9.53 Å². The van der Waals surface area contributed by atoms with Crippen molar-refractivity contribution in [3.05, 3.63) is 88.4 Å². The number of thiazole rings is 1. The first-order valence-corrected chi connectivity index (χ1v) is 10.9. The van der Waals surface area contributed by atoms with Crippen LogP contribution < -0.4 is 9.64 Å². The number of aromatic nitrogens is 1. The van der Waals surface area contributed by atoms with Gasteiger partial charge < -0.3 is 4.74 Å². The second kappa shape index (κ2) is 8.76. The molecule has 29 heavy (non-hydrogen) atoms. The van der Waals surface area contributed by atoms with Gasteiger partial charge in [0.05, 0.1) is 17.9 Å². The van der Waals surface area contributed by atoms with Crippen molar-refractivity contribution >= 4 is 48.5 Å². The molecular formula is C23H19BrN2O2S. The molecule has 0 aliphatic rings. The molecule has 0 N–H and O–H groups in total. The molecule has 1 aromatic heterocycles. The summed E-state index contributed by atoms with van der Waals surface area (Å²) < 4.78 is 7.65. The van der Waals surface area contributed by atoms with Gasteiger partial charge in [-0.3, -0.25) is 9.69 Å². The number of hydrogen-bond donors (Lipinski definition) is 0. The van der Waals surface area contributed by atoms with E-state index >= 15 is 0 Å². The Hall–Kier alpha value is -2.70. The van der Waals surface area contributed by atoms with Gasteiger partial charge in [0.1, 0.15) is 11.3 Å². The zero-order valence-electron chi connectivity index (χ0n) is 15.8. The third kappa shape index (κ3) is 4.33. The Labute approximate surface area is 181 Å².